The van der Waals surface area contributed by atoms with Gasteiger partial charge in [0.2, 0.25) is 5.91 Å². The van der Waals surface area contributed by atoms with Crippen LogP contribution in [0.15, 0.2) is 58.7 Å². The topological polar surface area (TPSA) is 64.0 Å². The number of carbonyl (C=O) groups is 1. The van der Waals surface area contributed by atoms with Crippen molar-refractivity contribution in [2.75, 3.05) is 6.54 Å². The highest BCUT2D eigenvalue weighted by Crippen LogP contribution is 2.22. The summed E-state index contributed by atoms with van der Waals surface area (Å²) in [6, 6.07) is 14.5. The molecule has 7 heteroatoms. The van der Waals surface area contributed by atoms with Crippen LogP contribution in [0.25, 0.3) is 10.6 Å². The van der Waals surface area contributed by atoms with Gasteiger partial charge in [0, 0.05) is 17.6 Å². The number of aromatic nitrogens is 2. The third-order valence-electron chi connectivity index (χ3n) is 4.27. The first-order chi connectivity index (χ1) is 12.9. The summed E-state index contributed by atoms with van der Waals surface area (Å²) in [5.74, 6) is -0.255. The lowest BCUT2D eigenvalue weighted by atomic mass is 10.0. The van der Waals surface area contributed by atoms with Gasteiger partial charge in [-0.3, -0.25) is 9.59 Å². The van der Waals surface area contributed by atoms with Crippen LogP contribution in [0.3, 0.4) is 0 Å². The number of rotatable bonds is 6. The summed E-state index contributed by atoms with van der Waals surface area (Å²) in [6.45, 7) is 3.84. The van der Waals surface area contributed by atoms with Gasteiger partial charge < -0.3 is 5.32 Å². The highest BCUT2D eigenvalue weighted by Gasteiger charge is 2.32. The fraction of sp³-hybridized carbons (Fsp3) is 0.250. The van der Waals surface area contributed by atoms with Crippen molar-refractivity contribution < 1.29 is 4.79 Å². The highest BCUT2D eigenvalue weighted by atomic mass is 35.5. The van der Waals surface area contributed by atoms with E-state index in [0.29, 0.717) is 23.7 Å². The van der Waals surface area contributed by atoms with Crippen molar-refractivity contribution in [2.45, 2.75) is 25.8 Å². The van der Waals surface area contributed by atoms with Gasteiger partial charge in [0.25, 0.3) is 5.56 Å². The van der Waals surface area contributed by atoms with E-state index < -0.39 is 5.54 Å². The van der Waals surface area contributed by atoms with Gasteiger partial charge >= 0.3 is 0 Å². The number of amides is 1. The van der Waals surface area contributed by atoms with Crippen LogP contribution in [-0.2, 0) is 16.8 Å². The molecule has 0 radical (unpaired) electrons. The lowest BCUT2D eigenvalue weighted by Gasteiger charge is -2.25. The predicted octanol–water partition coefficient (Wildman–Crippen LogP) is 3.72. The molecule has 0 fully saturated rings. The molecule has 0 saturated heterocycles. The Balaban J connectivity index is 1.73. The SMILES string of the molecule is CC(C)(C(=O)NCCc1ccc(Cl)cc1)n1nc(-c2cccs2)ccc1=O. The first-order valence-electron chi connectivity index (χ1n) is 8.55. The molecule has 0 aliphatic heterocycles. The van der Waals surface area contributed by atoms with Crippen molar-refractivity contribution in [1.29, 1.82) is 0 Å². The maximum Gasteiger partial charge on any atom is 0.267 e. The summed E-state index contributed by atoms with van der Waals surface area (Å²) >= 11 is 7.41. The molecule has 0 unspecified atom stereocenters. The van der Waals surface area contributed by atoms with Crippen molar-refractivity contribution in [3.05, 3.63) is 74.9 Å². The van der Waals surface area contributed by atoms with E-state index in [1.807, 2.05) is 41.8 Å². The third kappa shape index (κ3) is 4.46. The summed E-state index contributed by atoms with van der Waals surface area (Å²) in [7, 11) is 0. The number of benzene rings is 1. The Morgan fingerprint density at radius 1 is 1.19 bits per heavy atom. The second-order valence-corrected chi connectivity index (χ2v) is 8.02. The molecule has 2 heterocycles. The van der Waals surface area contributed by atoms with Gasteiger partial charge in [-0.15, -0.1) is 11.3 Å². The standard InChI is InChI=1S/C20H20ClN3O2S/c1-20(2,19(26)22-12-11-14-5-7-15(21)8-6-14)24-18(25)10-9-16(23-24)17-4-3-13-27-17/h3-10,13H,11-12H2,1-2H3,(H,22,26). The van der Waals surface area contributed by atoms with Gasteiger partial charge in [-0.05, 0) is 55.5 Å². The molecule has 0 aliphatic carbocycles. The fourth-order valence-electron chi connectivity index (χ4n) is 2.65. The molecule has 0 bridgehead atoms. The zero-order chi connectivity index (χ0) is 19.4. The molecule has 1 amide bonds. The molecule has 0 atom stereocenters. The highest BCUT2D eigenvalue weighted by molar-refractivity contribution is 7.13. The van der Waals surface area contributed by atoms with Gasteiger partial charge in [-0.2, -0.15) is 5.10 Å². The Bertz CT molecular complexity index is 979. The van der Waals surface area contributed by atoms with Crippen molar-refractivity contribution in [3.8, 4) is 10.6 Å². The predicted molar refractivity (Wildman–Crippen MR) is 109 cm³/mol. The first kappa shape index (κ1) is 19.3. The minimum Gasteiger partial charge on any atom is -0.354 e. The Labute approximate surface area is 166 Å². The van der Waals surface area contributed by atoms with Crippen molar-refractivity contribution >= 4 is 28.8 Å². The molecule has 1 N–H and O–H groups in total. The van der Waals surface area contributed by atoms with E-state index in [2.05, 4.69) is 10.4 Å². The molecule has 140 valence electrons. The average molecular weight is 402 g/mol. The maximum atomic E-state index is 12.7. The van der Waals surface area contributed by atoms with E-state index in [9.17, 15) is 9.59 Å². The smallest absolute Gasteiger partial charge is 0.267 e. The number of carbonyl (C=O) groups excluding carboxylic acids is 1. The van der Waals surface area contributed by atoms with Gasteiger partial charge in [-0.25, -0.2) is 4.68 Å². The quantitative estimate of drug-likeness (QED) is 0.684. The van der Waals surface area contributed by atoms with Crippen LogP contribution in [0.5, 0.6) is 0 Å². The van der Waals surface area contributed by atoms with Crippen LogP contribution >= 0.6 is 22.9 Å². The van der Waals surface area contributed by atoms with Crippen LogP contribution in [0.4, 0.5) is 0 Å². The van der Waals surface area contributed by atoms with Gasteiger partial charge in [0.05, 0.1) is 4.88 Å². The number of halogens is 1. The van der Waals surface area contributed by atoms with Crippen molar-refractivity contribution in [2.24, 2.45) is 0 Å². The molecule has 0 saturated carbocycles. The zero-order valence-corrected chi connectivity index (χ0v) is 16.7. The Morgan fingerprint density at radius 2 is 1.93 bits per heavy atom. The van der Waals surface area contributed by atoms with Crippen LogP contribution in [-0.4, -0.2) is 22.2 Å². The lowest BCUT2D eigenvalue weighted by molar-refractivity contribution is -0.128. The maximum absolute atomic E-state index is 12.7. The molecule has 3 aromatic rings. The van der Waals surface area contributed by atoms with E-state index in [-0.39, 0.29) is 11.5 Å². The second kappa shape index (κ2) is 8.06. The van der Waals surface area contributed by atoms with Crippen molar-refractivity contribution in [3.63, 3.8) is 0 Å². The van der Waals surface area contributed by atoms with Crippen LogP contribution in [0, 0.1) is 0 Å². The van der Waals surface area contributed by atoms with E-state index >= 15 is 0 Å². The summed E-state index contributed by atoms with van der Waals surface area (Å²) in [6.07, 6.45) is 0.677. The minimum absolute atomic E-state index is 0.255. The number of thiophene rings is 1. The molecule has 2 aromatic heterocycles. The van der Waals surface area contributed by atoms with Gasteiger partial charge in [-0.1, -0.05) is 29.8 Å². The molecule has 3 rings (SSSR count). The number of nitrogens with zero attached hydrogens (tertiary/aromatic N) is 2. The van der Waals surface area contributed by atoms with Gasteiger partial charge in [0.1, 0.15) is 11.2 Å². The van der Waals surface area contributed by atoms with Crippen LogP contribution in [0.2, 0.25) is 5.02 Å². The molecular formula is C20H20ClN3O2S. The van der Waals surface area contributed by atoms with Gasteiger partial charge in [0.15, 0.2) is 0 Å². The summed E-state index contributed by atoms with van der Waals surface area (Å²) in [4.78, 5) is 26.0. The second-order valence-electron chi connectivity index (χ2n) is 6.64. The van der Waals surface area contributed by atoms with Crippen LogP contribution < -0.4 is 10.9 Å². The minimum atomic E-state index is -1.11. The Kier molecular flexibility index (Phi) is 5.77. The zero-order valence-electron chi connectivity index (χ0n) is 15.1. The van der Waals surface area contributed by atoms with E-state index in [4.69, 9.17) is 11.6 Å². The number of nitrogens with one attached hydrogen (secondary N) is 1. The molecule has 0 spiro atoms. The molecule has 27 heavy (non-hydrogen) atoms. The number of hydrogen-bond donors (Lipinski definition) is 1. The largest absolute Gasteiger partial charge is 0.354 e. The normalized spacial score (nSPS) is 11.4. The van der Waals surface area contributed by atoms with E-state index in [1.54, 1.807) is 19.9 Å². The molecular weight excluding hydrogens is 382 g/mol. The number of hydrogen-bond acceptors (Lipinski definition) is 4. The Hall–Kier alpha value is -2.44. The lowest BCUT2D eigenvalue weighted by Crippen LogP contribution is -2.50. The monoisotopic (exact) mass is 401 g/mol. The van der Waals surface area contributed by atoms with Crippen LogP contribution in [0.1, 0.15) is 19.4 Å². The molecule has 1 aromatic carbocycles. The van der Waals surface area contributed by atoms with E-state index in [0.717, 1.165) is 10.4 Å². The Morgan fingerprint density at radius 3 is 2.59 bits per heavy atom. The summed E-state index contributed by atoms with van der Waals surface area (Å²) < 4.78 is 1.25. The third-order valence-corrected chi connectivity index (χ3v) is 5.42. The fourth-order valence-corrected chi connectivity index (χ4v) is 3.47. The average Bonchev–Trinajstić information content (AvgIpc) is 3.18. The molecule has 5 nitrogen and oxygen atoms in total. The first-order valence-corrected chi connectivity index (χ1v) is 9.81. The summed E-state index contributed by atoms with van der Waals surface area (Å²) in [5.41, 5.74) is 0.331. The van der Waals surface area contributed by atoms with Crippen molar-refractivity contribution in [1.82, 2.24) is 15.1 Å². The summed E-state index contributed by atoms with van der Waals surface area (Å²) in [5, 5.41) is 9.95. The molecule has 0 aliphatic rings. The van der Waals surface area contributed by atoms with E-state index in [1.165, 1.54) is 22.1 Å².